The number of ether oxygens (including phenoxy) is 3. The van der Waals surface area contributed by atoms with E-state index in [9.17, 15) is 0 Å². The highest BCUT2D eigenvalue weighted by Gasteiger charge is 2.23. The molecule has 1 fully saturated rings. The minimum Gasteiger partial charge on any atom is -0.493 e. The Morgan fingerprint density at radius 2 is 2.06 bits per heavy atom. The van der Waals surface area contributed by atoms with Crippen molar-refractivity contribution in [2.45, 2.75) is 25.4 Å². The van der Waals surface area contributed by atoms with E-state index in [0.29, 0.717) is 36.6 Å². The van der Waals surface area contributed by atoms with Crippen LogP contribution in [0, 0.1) is 6.92 Å². The van der Waals surface area contributed by atoms with Crippen LogP contribution in [0.15, 0.2) is 49.1 Å². The second kappa shape index (κ2) is 10.2. The maximum absolute atomic E-state index is 6.09. The first-order valence-corrected chi connectivity index (χ1v) is 11.6. The fourth-order valence-electron chi connectivity index (χ4n) is 4.29. The molecule has 2 aliphatic heterocycles. The van der Waals surface area contributed by atoms with Crippen LogP contribution in [0.5, 0.6) is 17.4 Å². The Kier molecular flexibility index (Phi) is 6.71. The van der Waals surface area contributed by atoms with Gasteiger partial charge in [0.15, 0.2) is 11.5 Å². The summed E-state index contributed by atoms with van der Waals surface area (Å²) < 4.78 is 16.8. The largest absolute Gasteiger partial charge is 0.493 e. The van der Waals surface area contributed by atoms with Gasteiger partial charge in [0.05, 0.1) is 26.1 Å². The van der Waals surface area contributed by atoms with Crippen molar-refractivity contribution in [2.24, 2.45) is 0 Å². The summed E-state index contributed by atoms with van der Waals surface area (Å²) in [5.74, 6) is 2.23. The third kappa shape index (κ3) is 5.02. The molecule has 0 saturated carbocycles. The maximum Gasteiger partial charge on any atom is 0.212 e. The van der Waals surface area contributed by atoms with Crippen molar-refractivity contribution in [1.82, 2.24) is 25.4 Å². The van der Waals surface area contributed by atoms with Gasteiger partial charge in [-0.15, -0.1) is 5.10 Å². The first kappa shape index (κ1) is 23.0. The number of hydrogen-bond acceptors (Lipinski definition) is 9. The SMILES string of the molecule is [CH2]c1cc(OC)c(OCc2ccc(OC)nc2)cc1N1C=CN(n2cc(C3CCCNC3)nn2)C1. The van der Waals surface area contributed by atoms with Crippen molar-refractivity contribution < 1.29 is 14.2 Å². The number of benzene rings is 1. The number of hydrogen-bond donors (Lipinski definition) is 1. The van der Waals surface area contributed by atoms with Crippen LogP contribution < -0.4 is 29.4 Å². The normalized spacial score (nSPS) is 17.6. The van der Waals surface area contributed by atoms with Gasteiger partial charge in [-0.2, -0.15) is 4.79 Å². The Balaban J connectivity index is 1.29. The molecule has 10 heteroatoms. The van der Waals surface area contributed by atoms with Gasteiger partial charge in [0.25, 0.3) is 0 Å². The molecule has 1 unspecified atom stereocenters. The van der Waals surface area contributed by atoms with Crippen LogP contribution in [-0.4, -0.2) is 54.1 Å². The second-order valence-corrected chi connectivity index (χ2v) is 8.59. The first-order chi connectivity index (χ1) is 17.1. The first-order valence-electron chi connectivity index (χ1n) is 11.6. The molecule has 3 aromatic rings. The summed E-state index contributed by atoms with van der Waals surface area (Å²) in [6, 6.07) is 7.57. The zero-order valence-corrected chi connectivity index (χ0v) is 20.1. The third-order valence-corrected chi connectivity index (χ3v) is 6.27. The van der Waals surface area contributed by atoms with E-state index in [4.69, 9.17) is 14.2 Å². The lowest BCUT2D eigenvalue weighted by Crippen LogP contribution is -2.34. The number of aromatic nitrogens is 4. The topological polar surface area (TPSA) is 89.8 Å². The van der Waals surface area contributed by atoms with Crippen molar-refractivity contribution in [3.05, 3.63) is 72.8 Å². The lowest BCUT2D eigenvalue weighted by Gasteiger charge is -2.23. The number of pyridine rings is 1. The molecule has 10 nitrogen and oxygen atoms in total. The van der Waals surface area contributed by atoms with Gasteiger partial charge in [-0.3, -0.25) is 0 Å². The van der Waals surface area contributed by atoms with E-state index in [1.165, 1.54) is 0 Å². The van der Waals surface area contributed by atoms with Crippen molar-refractivity contribution in [3.8, 4) is 17.4 Å². The van der Waals surface area contributed by atoms with Crippen LogP contribution in [0.3, 0.4) is 0 Å². The third-order valence-electron chi connectivity index (χ3n) is 6.27. The predicted octanol–water partition coefficient (Wildman–Crippen LogP) is 2.81. The molecular formula is C25H30N7O3. The van der Waals surface area contributed by atoms with Crippen molar-refractivity contribution >= 4 is 5.69 Å². The molecule has 35 heavy (non-hydrogen) atoms. The molecule has 1 aromatic carbocycles. The van der Waals surface area contributed by atoms with Gasteiger partial charge in [-0.05, 0) is 49.2 Å². The molecule has 2 aliphatic rings. The Morgan fingerprint density at radius 1 is 1.14 bits per heavy atom. The quantitative estimate of drug-likeness (QED) is 0.527. The molecule has 0 bridgehead atoms. The minimum absolute atomic E-state index is 0.350. The van der Waals surface area contributed by atoms with Gasteiger partial charge in [-0.25, -0.2) is 9.99 Å². The average molecular weight is 477 g/mol. The van der Waals surface area contributed by atoms with Crippen LogP contribution in [0.4, 0.5) is 5.69 Å². The molecule has 2 aromatic heterocycles. The summed E-state index contributed by atoms with van der Waals surface area (Å²) in [6.07, 6.45) is 10.0. The summed E-state index contributed by atoms with van der Waals surface area (Å²) >= 11 is 0. The molecule has 0 aliphatic carbocycles. The summed E-state index contributed by atoms with van der Waals surface area (Å²) in [7, 11) is 3.22. The number of methoxy groups -OCH3 is 2. The predicted molar refractivity (Wildman–Crippen MR) is 132 cm³/mol. The zero-order chi connectivity index (χ0) is 24.2. The molecular weight excluding hydrogens is 446 g/mol. The van der Waals surface area contributed by atoms with Crippen LogP contribution in [-0.2, 0) is 6.61 Å². The van der Waals surface area contributed by atoms with Crippen LogP contribution in [0.2, 0.25) is 0 Å². The zero-order valence-electron chi connectivity index (χ0n) is 20.1. The van der Waals surface area contributed by atoms with E-state index >= 15 is 0 Å². The minimum atomic E-state index is 0.350. The summed E-state index contributed by atoms with van der Waals surface area (Å²) in [6.45, 7) is 7.17. The second-order valence-electron chi connectivity index (χ2n) is 8.59. The van der Waals surface area contributed by atoms with Crippen LogP contribution in [0.1, 0.15) is 35.6 Å². The molecule has 1 N–H and O–H groups in total. The fraction of sp³-hybridized carbons (Fsp3) is 0.360. The van der Waals surface area contributed by atoms with Crippen molar-refractivity contribution in [1.29, 1.82) is 0 Å². The Bertz CT molecular complexity index is 1170. The highest BCUT2D eigenvalue weighted by molar-refractivity contribution is 5.65. The lowest BCUT2D eigenvalue weighted by molar-refractivity contribution is 0.284. The van der Waals surface area contributed by atoms with Gasteiger partial charge < -0.3 is 24.4 Å². The fourth-order valence-corrected chi connectivity index (χ4v) is 4.29. The Morgan fingerprint density at radius 3 is 2.80 bits per heavy atom. The van der Waals surface area contributed by atoms with E-state index in [-0.39, 0.29) is 0 Å². The standard InChI is InChI=1S/C25H30N7O3/c1-18-11-23(33-2)24(35-16-19-6-7-25(34-3)27-13-19)12-22(18)30-9-10-31(17-30)32-15-21(28-29-32)20-5-4-8-26-14-20/h6-7,9-13,15,20,26H,1,4-5,8,14,16-17H2,2-3H3. The van der Waals surface area contributed by atoms with Gasteiger partial charge in [0.1, 0.15) is 13.3 Å². The average Bonchev–Trinajstić information content (AvgIpc) is 3.59. The molecule has 5 rings (SSSR count). The highest BCUT2D eigenvalue weighted by atomic mass is 16.5. The van der Waals surface area contributed by atoms with Crippen LogP contribution in [0.25, 0.3) is 0 Å². The van der Waals surface area contributed by atoms with Gasteiger partial charge in [-0.1, -0.05) is 0 Å². The van der Waals surface area contributed by atoms with Crippen molar-refractivity contribution in [3.63, 3.8) is 0 Å². The summed E-state index contributed by atoms with van der Waals surface area (Å²) in [5.41, 5.74) is 3.70. The molecule has 1 radical (unpaired) electrons. The van der Waals surface area contributed by atoms with E-state index in [0.717, 1.165) is 48.4 Å². The van der Waals surface area contributed by atoms with Gasteiger partial charge in [0.2, 0.25) is 5.88 Å². The van der Waals surface area contributed by atoms with Crippen LogP contribution >= 0.6 is 0 Å². The monoisotopic (exact) mass is 476 g/mol. The number of piperidine rings is 1. The van der Waals surface area contributed by atoms with E-state index in [1.54, 1.807) is 25.2 Å². The van der Waals surface area contributed by atoms with Crippen molar-refractivity contribution in [2.75, 3.05) is 43.9 Å². The number of nitrogens with one attached hydrogen (secondary N) is 1. The van der Waals surface area contributed by atoms with E-state index in [1.807, 2.05) is 47.9 Å². The Hall–Kier alpha value is -3.79. The summed E-state index contributed by atoms with van der Waals surface area (Å²) in [4.78, 5) is 8.11. The molecule has 183 valence electrons. The lowest BCUT2D eigenvalue weighted by atomic mass is 9.97. The molecule has 1 atom stereocenters. The molecule has 4 heterocycles. The maximum atomic E-state index is 6.09. The number of rotatable bonds is 8. The van der Waals surface area contributed by atoms with E-state index in [2.05, 4.69) is 32.4 Å². The van der Waals surface area contributed by atoms with E-state index < -0.39 is 0 Å². The number of anilines is 1. The molecule has 0 spiro atoms. The molecule has 1 saturated heterocycles. The van der Waals surface area contributed by atoms with Gasteiger partial charge in [0, 0.05) is 54.4 Å². The molecule has 0 amide bonds. The summed E-state index contributed by atoms with van der Waals surface area (Å²) in [5, 5.41) is 14.2. The smallest absolute Gasteiger partial charge is 0.212 e. The highest BCUT2D eigenvalue weighted by Crippen LogP contribution is 2.36. The Labute approximate surface area is 205 Å². The number of nitrogens with zero attached hydrogens (tertiary/aromatic N) is 6. The van der Waals surface area contributed by atoms with Gasteiger partial charge >= 0.3 is 0 Å².